The molecular weight excluding hydrogens is 387 g/mol. The third-order valence-electron chi connectivity index (χ3n) is 5.06. The molecule has 1 aliphatic heterocycles. The molecule has 0 radical (unpaired) electrons. The van der Waals surface area contributed by atoms with Gasteiger partial charge in [0.15, 0.2) is 0 Å². The first kappa shape index (κ1) is 20.0. The Kier molecular flexibility index (Phi) is 6.29. The van der Waals surface area contributed by atoms with Crippen LogP contribution in [0.4, 0.5) is 10.1 Å². The summed E-state index contributed by atoms with van der Waals surface area (Å²) in [6.45, 7) is 5.09. The number of anilines is 1. The van der Waals surface area contributed by atoms with Crippen LogP contribution < -0.4 is 10.2 Å². The summed E-state index contributed by atoms with van der Waals surface area (Å²) in [5.74, 6) is -0.270. The Morgan fingerprint density at radius 1 is 1.07 bits per heavy atom. The molecule has 2 aromatic heterocycles. The average Bonchev–Trinajstić information content (AvgIpc) is 3.29. The molecule has 0 saturated carbocycles. The van der Waals surface area contributed by atoms with E-state index in [1.54, 1.807) is 24.5 Å². The molecule has 3 aromatic rings. The summed E-state index contributed by atoms with van der Waals surface area (Å²) in [5, 5.41) is 6.66. The molecule has 3 heterocycles. The number of aromatic nitrogens is 3. The molecule has 4 rings (SSSR count). The van der Waals surface area contributed by atoms with Crippen molar-refractivity contribution < 1.29 is 13.7 Å². The second kappa shape index (κ2) is 9.45. The zero-order valence-electron chi connectivity index (χ0n) is 16.5. The van der Waals surface area contributed by atoms with Crippen molar-refractivity contribution in [2.24, 2.45) is 0 Å². The summed E-state index contributed by atoms with van der Waals surface area (Å²) >= 11 is 0. The number of nitrogens with one attached hydrogen (secondary N) is 1. The number of hydrogen-bond acceptors (Lipinski definition) is 7. The van der Waals surface area contributed by atoms with Gasteiger partial charge in [-0.1, -0.05) is 5.16 Å². The van der Waals surface area contributed by atoms with Crippen LogP contribution in [0.1, 0.15) is 17.1 Å². The Bertz CT molecular complexity index is 955. The summed E-state index contributed by atoms with van der Waals surface area (Å²) in [7, 11) is 0. The third-order valence-corrected chi connectivity index (χ3v) is 5.06. The quantitative estimate of drug-likeness (QED) is 0.598. The topological polar surface area (TPSA) is 87.4 Å². The summed E-state index contributed by atoms with van der Waals surface area (Å²) in [6.07, 6.45) is 4.09. The highest BCUT2D eigenvalue weighted by atomic mass is 19.1. The van der Waals surface area contributed by atoms with Gasteiger partial charge >= 0.3 is 11.8 Å². The number of benzene rings is 1. The Hall–Kier alpha value is -3.33. The maximum Gasteiger partial charge on any atom is 0.316 e. The van der Waals surface area contributed by atoms with Crippen LogP contribution in [0.2, 0.25) is 0 Å². The Balaban J connectivity index is 1.17. The minimum absolute atomic E-state index is 0.0466. The van der Waals surface area contributed by atoms with Crippen molar-refractivity contribution in [3.63, 3.8) is 0 Å². The van der Waals surface area contributed by atoms with Crippen LogP contribution in [-0.2, 0) is 0 Å². The molecule has 156 valence electrons. The highest BCUT2D eigenvalue weighted by Crippen LogP contribution is 2.17. The monoisotopic (exact) mass is 410 g/mol. The Morgan fingerprint density at radius 3 is 2.53 bits per heavy atom. The fourth-order valence-corrected chi connectivity index (χ4v) is 3.40. The maximum absolute atomic E-state index is 13.1. The van der Waals surface area contributed by atoms with Gasteiger partial charge in [-0.25, -0.2) is 4.39 Å². The van der Waals surface area contributed by atoms with Gasteiger partial charge in [-0.05, 0) is 49.4 Å². The molecule has 1 amide bonds. The van der Waals surface area contributed by atoms with Crippen LogP contribution >= 0.6 is 0 Å². The van der Waals surface area contributed by atoms with E-state index in [1.165, 1.54) is 12.1 Å². The van der Waals surface area contributed by atoms with Gasteiger partial charge in [0.2, 0.25) is 5.82 Å². The van der Waals surface area contributed by atoms with E-state index in [2.05, 4.69) is 30.2 Å². The lowest BCUT2D eigenvalue weighted by atomic mass is 10.2. The van der Waals surface area contributed by atoms with Gasteiger partial charge in [0.25, 0.3) is 0 Å². The van der Waals surface area contributed by atoms with Crippen molar-refractivity contribution in [3.05, 3.63) is 60.5 Å². The van der Waals surface area contributed by atoms with Crippen LogP contribution in [0.15, 0.2) is 53.3 Å². The van der Waals surface area contributed by atoms with E-state index in [4.69, 9.17) is 4.52 Å². The molecule has 0 unspecified atom stereocenters. The van der Waals surface area contributed by atoms with Crippen molar-refractivity contribution in [3.8, 4) is 11.4 Å². The summed E-state index contributed by atoms with van der Waals surface area (Å²) in [5.41, 5.74) is 1.79. The molecule has 1 aliphatic rings. The van der Waals surface area contributed by atoms with Crippen molar-refractivity contribution >= 4 is 11.6 Å². The number of rotatable bonds is 7. The molecule has 0 bridgehead atoms. The number of amides is 1. The number of pyridine rings is 1. The lowest BCUT2D eigenvalue weighted by Gasteiger charge is -2.36. The first-order valence-corrected chi connectivity index (χ1v) is 9.94. The molecule has 1 N–H and O–H groups in total. The Morgan fingerprint density at radius 2 is 1.80 bits per heavy atom. The van der Waals surface area contributed by atoms with E-state index in [1.807, 2.05) is 12.1 Å². The maximum atomic E-state index is 13.1. The minimum Gasteiger partial charge on any atom is -0.369 e. The van der Waals surface area contributed by atoms with Crippen molar-refractivity contribution in [2.45, 2.75) is 6.42 Å². The second-order valence-corrected chi connectivity index (χ2v) is 7.07. The van der Waals surface area contributed by atoms with Crippen LogP contribution in [0, 0.1) is 5.82 Å². The number of nitrogens with zero attached hydrogens (tertiary/aromatic N) is 5. The molecule has 1 saturated heterocycles. The van der Waals surface area contributed by atoms with Gasteiger partial charge in [-0.3, -0.25) is 14.7 Å². The smallest absolute Gasteiger partial charge is 0.316 e. The van der Waals surface area contributed by atoms with Gasteiger partial charge in [-0.15, -0.1) is 0 Å². The van der Waals surface area contributed by atoms with Gasteiger partial charge in [0.1, 0.15) is 5.82 Å². The number of carbonyl (C=O) groups excluding carboxylic acids is 1. The molecule has 1 aromatic carbocycles. The Labute approximate surface area is 173 Å². The van der Waals surface area contributed by atoms with Crippen LogP contribution in [-0.4, -0.2) is 65.2 Å². The average molecular weight is 410 g/mol. The predicted octanol–water partition coefficient (Wildman–Crippen LogP) is 2.21. The van der Waals surface area contributed by atoms with E-state index < -0.39 is 0 Å². The van der Waals surface area contributed by atoms with E-state index in [0.717, 1.165) is 50.4 Å². The van der Waals surface area contributed by atoms with Gasteiger partial charge in [-0.2, -0.15) is 4.98 Å². The molecule has 8 nitrogen and oxygen atoms in total. The second-order valence-electron chi connectivity index (χ2n) is 7.07. The van der Waals surface area contributed by atoms with Gasteiger partial charge in [0, 0.05) is 56.4 Å². The highest BCUT2D eigenvalue weighted by Gasteiger charge is 2.18. The lowest BCUT2D eigenvalue weighted by molar-refractivity contribution is 0.0907. The molecule has 30 heavy (non-hydrogen) atoms. The number of hydrogen-bond donors (Lipinski definition) is 1. The molecule has 1 fully saturated rings. The minimum atomic E-state index is -0.371. The van der Waals surface area contributed by atoms with E-state index in [0.29, 0.717) is 12.4 Å². The van der Waals surface area contributed by atoms with Gasteiger partial charge < -0.3 is 14.7 Å². The summed E-state index contributed by atoms with van der Waals surface area (Å²) in [4.78, 5) is 24.9. The third kappa shape index (κ3) is 4.98. The van der Waals surface area contributed by atoms with Crippen LogP contribution in [0.5, 0.6) is 0 Å². The van der Waals surface area contributed by atoms with E-state index in [-0.39, 0.29) is 17.6 Å². The first-order valence-electron chi connectivity index (χ1n) is 9.94. The van der Waals surface area contributed by atoms with Gasteiger partial charge in [0.05, 0.1) is 0 Å². The fourth-order valence-electron chi connectivity index (χ4n) is 3.40. The lowest BCUT2D eigenvalue weighted by Crippen LogP contribution is -2.47. The van der Waals surface area contributed by atoms with Crippen LogP contribution in [0.3, 0.4) is 0 Å². The first-order chi connectivity index (χ1) is 14.7. The van der Waals surface area contributed by atoms with E-state index in [9.17, 15) is 9.18 Å². The number of halogens is 1. The van der Waals surface area contributed by atoms with Crippen molar-refractivity contribution in [1.29, 1.82) is 0 Å². The normalized spacial score (nSPS) is 14.6. The number of piperazine rings is 1. The molecular formula is C21H23FN6O2. The molecule has 0 aliphatic carbocycles. The zero-order chi connectivity index (χ0) is 20.8. The predicted molar refractivity (Wildman–Crippen MR) is 110 cm³/mol. The number of carbonyl (C=O) groups is 1. The largest absolute Gasteiger partial charge is 0.369 e. The summed E-state index contributed by atoms with van der Waals surface area (Å²) < 4.78 is 18.1. The molecule has 9 heteroatoms. The van der Waals surface area contributed by atoms with Crippen molar-refractivity contribution in [2.75, 3.05) is 44.2 Å². The highest BCUT2D eigenvalue weighted by molar-refractivity contribution is 5.89. The van der Waals surface area contributed by atoms with Crippen LogP contribution in [0.25, 0.3) is 11.4 Å². The molecule has 0 spiro atoms. The van der Waals surface area contributed by atoms with E-state index >= 15 is 0 Å². The molecule has 0 atom stereocenters. The zero-order valence-corrected chi connectivity index (χ0v) is 16.5. The van der Waals surface area contributed by atoms with Crippen molar-refractivity contribution in [1.82, 2.24) is 25.3 Å². The summed E-state index contributed by atoms with van der Waals surface area (Å²) in [6, 6.07) is 10.1. The fraction of sp³-hybridized carbons (Fsp3) is 0.333. The standard InChI is InChI=1S/C21H23FN6O2/c22-17-2-4-18(5-3-17)28-14-12-27(13-15-28)11-1-8-24-20(29)21-25-19(26-30-21)16-6-9-23-10-7-16/h2-7,9-10H,1,8,11-15H2,(H,24,29). The SMILES string of the molecule is O=C(NCCCN1CCN(c2ccc(F)cc2)CC1)c1nc(-c2ccncc2)no1.